The molecule has 0 aliphatic carbocycles. The highest BCUT2D eigenvalue weighted by atomic mass is 32.1. The highest BCUT2D eigenvalue weighted by molar-refractivity contribution is 7.14. The Morgan fingerprint density at radius 1 is 1.24 bits per heavy atom. The number of methoxy groups -OCH3 is 2. The molecule has 0 saturated heterocycles. The fourth-order valence-electron chi connectivity index (χ4n) is 1.80. The Labute approximate surface area is 104 Å². The lowest BCUT2D eigenvalue weighted by molar-refractivity contribution is 0.390. The Balaban J connectivity index is 2.63. The Morgan fingerprint density at radius 2 is 2.00 bits per heavy atom. The molecule has 1 heterocycles. The first-order chi connectivity index (χ1) is 8.19. The van der Waals surface area contributed by atoms with Gasteiger partial charge in [-0.1, -0.05) is 0 Å². The molecule has 0 amide bonds. The van der Waals surface area contributed by atoms with Crippen LogP contribution in [0.5, 0.6) is 11.5 Å². The van der Waals surface area contributed by atoms with Gasteiger partial charge in [0, 0.05) is 11.1 Å². The van der Waals surface area contributed by atoms with Gasteiger partial charge in [0.05, 0.1) is 19.7 Å². The minimum absolute atomic E-state index is 0.688. The summed E-state index contributed by atoms with van der Waals surface area (Å²) in [7, 11) is 3.27. The van der Waals surface area contributed by atoms with Gasteiger partial charge in [0.1, 0.15) is 22.2 Å². The average molecular weight is 250 g/mol. The third-order valence-electron chi connectivity index (χ3n) is 2.63. The molecular weight excluding hydrogens is 236 g/mol. The fraction of sp³-hybridized carbons (Fsp3) is 0.250. The molecule has 17 heavy (non-hydrogen) atoms. The van der Waals surface area contributed by atoms with E-state index in [9.17, 15) is 0 Å². The summed E-state index contributed by atoms with van der Waals surface area (Å²) in [6.07, 6.45) is 0. The van der Waals surface area contributed by atoms with Crippen molar-refractivity contribution < 1.29 is 9.47 Å². The Morgan fingerprint density at radius 3 is 2.53 bits per heavy atom. The van der Waals surface area contributed by atoms with Crippen LogP contribution in [-0.2, 0) is 0 Å². The first-order valence-corrected chi connectivity index (χ1v) is 5.98. The molecular formula is C12H14N2O2S. The second-order valence-corrected chi connectivity index (χ2v) is 4.43. The lowest BCUT2D eigenvalue weighted by Crippen LogP contribution is -1.96. The second kappa shape index (κ2) is 4.63. The number of hydrogen-bond donors (Lipinski definition) is 1. The number of anilines is 1. The fourth-order valence-corrected chi connectivity index (χ4v) is 2.35. The zero-order valence-electron chi connectivity index (χ0n) is 9.98. The molecule has 0 radical (unpaired) electrons. The van der Waals surface area contributed by atoms with Crippen molar-refractivity contribution in [3.8, 4) is 22.8 Å². The van der Waals surface area contributed by atoms with Crippen LogP contribution in [0.15, 0.2) is 17.6 Å². The highest BCUT2D eigenvalue weighted by Gasteiger charge is 2.16. The van der Waals surface area contributed by atoms with Gasteiger partial charge < -0.3 is 15.2 Å². The average Bonchev–Trinajstić information content (AvgIpc) is 2.75. The van der Waals surface area contributed by atoms with Crippen LogP contribution < -0.4 is 15.2 Å². The van der Waals surface area contributed by atoms with Gasteiger partial charge in [-0.25, -0.2) is 4.98 Å². The van der Waals surface area contributed by atoms with Gasteiger partial charge in [-0.05, 0) is 19.1 Å². The van der Waals surface area contributed by atoms with Crippen molar-refractivity contribution in [2.45, 2.75) is 6.92 Å². The van der Waals surface area contributed by atoms with Crippen molar-refractivity contribution in [3.05, 3.63) is 23.2 Å². The number of nitrogen functional groups attached to an aromatic ring is 1. The number of nitrogens with two attached hydrogens (primary N) is 1. The number of rotatable bonds is 3. The molecule has 0 unspecified atom stereocenters. The van der Waals surface area contributed by atoms with Crippen LogP contribution in [0.25, 0.3) is 11.3 Å². The van der Waals surface area contributed by atoms with E-state index < -0.39 is 0 Å². The summed E-state index contributed by atoms with van der Waals surface area (Å²) in [6, 6.07) is 3.81. The van der Waals surface area contributed by atoms with Gasteiger partial charge in [0.2, 0.25) is 0 Å². The van der Waals surface area contributed by atoms with E-state index in [0.717, 1.165) is 28.3 Å². The first kappa shape index (κ1) is 11.7. The normalized spacial score (nSPS) is 10.3. The molecule has 5 heteroatoms. The maximum absolute atomic E-state index is 5.89. The summed E-state index contributed by atoms with van der Waals surface area (Å²) >= 11 is 1.41. The topological polar surface area (TPSA) is 57.4 Å². The monoisotopic (exact) mass is 250 g/mol. The maximum Gasteiger partial charge on any atom is 0.134 e. The highest BCUT2D eigenvalue weighted by Crippen LogP contribution is 2.39. The summed E-state index contributed by atoms with van der Waals surface area (Å²) in [5, 5.41) is 0.688. The molecule has 0 atom stereocenters. The zero-order chi connectivity index (χ0) is 12.4. The largest absolute Gasteiger partial charge is 0.496 e. The van der Waals surface area contributed by atoms with E-state index in [0.29, 0.717) is 5.00 Å². The van der Waals surface area contributed by atoms with Crippen molar-refractivity contribution in [2.75, 3.05) is 20.0 Å². The number of benzene rings is 1. The molecule has 1 aromatic heterocycles. The lowest BCUT2D eigenvalue weighted by Gasteiger charge is -2.13. The number of thiazole rings is 1. The van der Waals surface area contributed by atoms with E-state index in [4.69, 9.17) is 15.2 Å². The maximum atomic E-state index is 5.89. The molecule has 90 valence electrons. The smallest absolute Gasteiger partial charge is 0.134 e. The van der Waals surface area contributed by atoms with Crippen LogP contribution in [-0.4, -0.2) is 19.2 Å². The van der Waals surface area contributed by atoms with Gasteiger partial charge in [-0.15, -0.1) is 11.3 Å². The number of ether oxygens (including phenoxy) is 2. The van der Waals surface area contributed by atoms with Gasteiger partial charge in [-0.2, -0.15) is 0 Å². The van der Waals surface area contributed by atoms with Crippen molar-refractivity contribution in [2.24, 2.45) is 0 Å². The number of hydrogen-bond acceptors (Lipinski definition) is 5. The predicted octanol–water partition coefficient (Wildman–Crippen LogP) is 2.72. The standard InChI is InChI=1S/C12H14N2O2S/c1-7-9(15-2)5-4-8(11(7)16-3)10-12(13)17-6-14-10/h4-6H,13H2,1-3H3. The van der Waals surface area contributed by atoms with Crippen LogP contribution >= 0.6 is 11.3 Å². The summed E-state index contributed by atoms with van der Waals surface area (Å²) in [5.41, 5.74) is 10.2. The van der Waals surface area contributed by atoms with Crippen LogP contribution in [0, 0.1) is 6.92 Å². The van der Waals surface area contributed by atoms with Crippen molar-refractivity contribution in [1.82, 2.24) is 4.98 Å². The van der Waals surface area contributed by atoms with E-state index in [2.05, 4.69) is 4.98 Å². The number of aromatic nitrogens is 1. The predicted molar refractivity (Wildman–Crippen MR) is 69.8 cm³/mol. The Kier molecular flexibility index (Phi) is 3.19. The molecule has 1 aromatic carbocycles. The van der Waals surface area contributed by atoms with Gasteiger partial charge >= 0.3 is 0 Å². The lowest BCUT2D eigenvalue weighted by atomic mass is 10.1. The Bertz CT molecular complexity index is 537. The van der Waals surface area contributed by atoms with E-state index in [1.165, 1.54) is 11.3 Å². The zero-order valence-corrected chi connectivity index (χ0v) is 10.8. The minimum Gasteiger partial charge on any atom is -0.496 e. The summed E-state index contributed by atoms with van der Waals surface area (Å²) in [5.74, 6) is 1.54. The summed E-state index contributed by atoms with van der Waals surface area (Å²) in [4.78, 5) is 4.26. The van der Waals surface area contributed by atoms with Crippen molar-refractivity contribution >= 4 is 16.3 Å². The van der Waals surface area contributed by atoms with E-state index in [1.54, 1.807) is 19.7 Å². The quantitative estimate of drug-likeness (QED) is 0.910. The van der Waals surface area contributed by atoms with Crippen LogP contribution in [0.4, 0.5) is 5.00 Å². The molecule has 0 aliphatic rings. The SMILES string of the molecule is COc1ccc(-c2ncsc2N)c(OC)c1C. The number of nitrogens with zero attached hydrogens (tertiary/aromatic N) is 1. The first-order valence-electron chi connectivity index (χ1n) is 5.10. The van der Waals surface area contributed by atoms with E-state index >= 15 is 0 Å². The van der Waals surface area contributed by atoms with Crippen molar-refractivity contribution in [1.29, 1.82) is 0 Å². The molecule has 4 nitrogen and oxygen atoms in total. The van der Waals surface area contributed by atoms with Gasteiger partial charge in [0.25, 0.3) is 0 Å². The van der Waals surface area contributed by atoms with E-state index in [-0.39, 0.29) is 0 Å². The molecule has 0 fully saturated rings. The van der Waals surface area contributed by atoms with E-state index in [1.807, 2.05) is 19.1 Å². The molecule has 2 N–H and O–H groups in total. The van der Waals surface area contributed by atoms with Gasteiger partial charge in [-0.3, -0.25) is 0 Å². The minimum atomic E-state index is 0.688. The molecule has 0 saturated carbocycles. The molecule has 2 aromatic rings. The Hall–Kier alpha value is -1.75. The van der Waals surface area contributed by atoms with Gasteiger partial charge in [0.15, 0.2) is 0 Å². The molecule has 0 bridgehead atoms. The molecule has 2 rings (SSSR count). The second-order valence-electron chi connectivity index (χ2n) is 3.54. The van der Waals surface area contributed by atoms with Crippen LogP contribution in [0.2, 0.25) is 0 Å². The summed E-state index contributed by atoms with van der Waals surface area (Å²) in [6.45, 7) is 1.95. The van der Waals surface area contributed by atoms with Crippen LogP contribution in [0.3, 0.4) is 0 Å². The third-order valence-corrected chi connectivity index (χ3v) is 3.29. The van der Waals surface area contributed by atoms with Crippen molar-refractivity contribution in [3.63, 3.8) is 0 Å². The third kappa shape index (κ3) is 1.93. The molecule has 0 aliphatic heterocycles. The molecule has 0 spiro atoms. The summed E-state index contributed by atoms with van der Waals surface area (Å²) < 4.78 is 10.7. The van der Waals surface area contributed by atoms with Crippen LogP contribution in [0.1, 0.15) is 5.56 Å².